The quantitative estimate of drug-likeness (QED) is 0.309. The molecule has 5 heterocycles. The van der Waals surface area contributed by atoms with Crippen LogP contribution in [-0.2, 0) is 11.3 Å². The highest BCUT2D eigenvalue weighted by molar-refractivity contribution is 5.86. The van der Waals surface area contributed by atoms with Gasteiger partial charge in [0.25, 0.3) is 0 Å². The van der Waals surface area contributed by atoms with Gasteiger partial charge in [-0.2, -0.15) is 10.1 Å². The number of likely N-dealkylation sites (tertiary alicyclic amines) is 1. The first-order chi connectivity index (χ1) is 20.5. The standard InChI is InChI=1S/C31H44N8O3/c1-3-4-23(5-12-40)35-29-28-25(36-30(32)37-29)19-34-39(28)20-26-27(41-2)15-21(18-33-26)22-16-31(17-22)8-10-38(11-9-31)24-6-13-42-14-7-24/h15-16,18-19,23-24,40H,3-14,17,20H2,1-2H3,(H3,32,35,36,37)/t23-/m0/s1. The maximum atomic E-state index is 9.54. The van der Waals surface area contributed by atoms with Crippen LogP contribution in [0.25, 0.3) is 16.6 Å². The van der Waals surface area contributed by atoms with Crippen molar-refractivity contribution in [3.8, 4) is 5.75 Å². The number of pyridine rings is 1. The smallest absolute Gasteiger partial charge is 0.222 e. The number of methoxy groups -OCH3 is 1. The predicted octanol–water partition coefficient (Wildman–Crippen LogP) is 3.87. The van der Waals surface area contributed by atoms with Gasteiger partial charge in [0.15, 0.2) is 5.82 Å². The Morgan fingerprint density at radius 3 is 2.69 bits per heavy atom. The first kappa shape index (κ1) is 28.8. The molecule has 1 spiro atoms. The van der Waals surface area contributed by atoms with Crippen LogP contribution in [0.4, 0.5) is 11.8 Å². The van der Waals surface area contributed by atoms with E-state index >= 15 is 0 Å². The first-order valence-corrected chi connectivity index (χ1v) is 15.4. The van der Waals surface area contributed by atoms with Crippen LogP contribution in [0.5, 0.6) is 5.75 Å². The average Bonchev–Trinajstić information content (AvgIpc) is 3.39. The highest BCUT2D eigenvalue weighted by Crippen LogP contribution is 2.51. The Morgan fingerprint density at radius 2 is 1.98 bits per heavy atom. The number of nitrogens with zero attached hydrogens (tertiary/aromatic N) is 6. The molecule has 42 heavy (non-hydrogen) atoms. The number of aliphatic hydroxyl groups excluding tert-OH is 1. The Labute approximate surface area is 247 Å². The average molecular weight is 577 g/mol. The summed E-state index contributed by atoms with van der Waals surface area (Å²) in [4.78, 5) is 16.4. The minimum Gasteiger partial charge on any atom is -0.495 e. The van der Waals surface area contributed by atoms with Gasteiger partial charge in [-0.05, 0) is 80.7 Å². The minimum absolute atomic E-state index is 0.0703. The third-order valence-electron chi connectivity index (χ3n) is 9.31. The zero-order chi connectivity index (χ0) is 29.1. The third-order valence-corrected chi connectivity index (χ3v) is 9.31. The van der Waals surface area contributed by atoms with E-state index < -0.39 is 0 Å². The molecule has 2 fully saturated rings. The van der Waals surface area contributed by atoms with E-state index in [-0.39, 0.29) is 18.6 Å². The number of allylic oxidation sites excluding steroid dienone is 2. The summed E-state index contributed by atoms with van der Waals surface area (Å²) in [6.45, 7) is 6.79. The molecule has 226 valence electrons. The summed E-state index contributed by atoms with van der Waals surface area (Å²) in [5.41, 5.74) is 11.0. The molecule has 1 aliphatic carbocycles. The van der Waals surface area contributed by atoms with Crippen molar-refractivity contribution in [1.82, 2.24) is 29.6 Å². The van der Waals surface area contributed by atoms with Crippen molar-refractivity contribution in [3.05, 3.63) is 35.8 Å². The zero-order valence-corrected chi connectivity index (χ0v) is 24.9. The number of anilines is 2. The lowest BCUT2D eigenvalue weighted by Crippen LogP contribution is -2.48. The number of ether oxygens (including phenoxy) is 2. The van der Waals surface area contributed by atoms with Crippen LogP contribution >= 0.6 is 0 Å². The SMILES string of the molecule is CCC[C@@H](CCO)Nc1nc(N)nc2cnn(Cc3ncc(C4=CC5(CCN(C6CCOCC6)CC5)C4)cc3OC)c12. The molecule has 2 aliphatic heterocycles. The van der Waals surface area contributed by atoms with Crippen molar-refractivity contribution >= 4 is 28.4 Å². The van der Waals surface area contributed by atoms with Gasteiger partial charge >= 0.3 is 0 Å². The normalized spacial score (nSPS) is 19.9. The second-order valence-electron chi connectivity index (χ2n) is 12.1. The van der Waals surface area contributed by atoms with E-state index in [9.17, 15) is 5.11 Å². The molecule has 0 unspecified atom stereocenters. The topological polar surface area (TPSA) is 136 Å². The van der Waals surface area contributed by atoms with Crippen molar-refractivity contribution < 1.29 is 14.6 Å². The zero-order valence-electron chi connectivity index (χ0n) is 24.9. The second-order valence-corrected chi connectivity index (χ2v) is 12.1. The van der Waals surface area contributed by atoms with Crippen molar-refractivity contribution in [2.45, 2.75) is 76.9 Å². The lowest BCUT2D eigenvalue weighted by molar-refractivity contribution is 0.0121. The molecule has 0 bridgehead atoms. The molecular formula is C31H44N8O3. The Kier molecular flexibility index (Phi) is 8.60. The highest BCUT2D eigenvalue weighted by atomic mass is 16.5. The van der Waals surface area contributed by atoms with Gasteiger partial charge in [0.2, 0.25) is 5.95 Å². The number of rotatable bonds is 11. The number of aliphatic hydroxyl groups is 1. The molecule has 0 aromatic carbocycles. The minimum atomic E-state index is 0.0703. The van der Waals surface area contributed by atoms with Crippen molar-refractivity contribution in [2.24, 2.45) is 5.41 Å². The summed E-state index contributed by atoms with van der Waals surface area (Å²) in [5.74, 6) is 1.54. The molecule has 3 aromatic rings. The van der Waals surface area contributed by atoms with Gasteiger partial charge in [-0.25, -0.2) is 4.98 Å². The fourth-order valence-electron chi connectivity index (χ4n) is 6.92. The van der Waals surface area contributed by atoms with Gasteiger partial charge in [0.05, 0.1) is 19.9 Å². The first-order valence-electron chi connectivity index (χ1n) is 15.4. The molecular weight excluding hydrogens is 532 g/mol. The Bertz CT molecular complexity index is 1400. The number of fused-ring (bicyclic) bond motifs is 1. The summed E-state index contributed by atoms with van der Waals surface area (Å²) in [6.07, 6.45) is 14.6. The molecule has 4 N–H and O–H groups in total. The van der Waals surface area contributed by atoms with Crippen LogP contribution in [0.15, 0.2) is 24.5 Å². The van der Waals surface area contributed by atoms with Crippen LogP contribution in [0, 0.1) is 5.41 Å². The molecule has 0 saturated carbocycles. The number of piperidine rings is 1. The van der Waals surface area contributed by atoms with Crippen molar-refractivity contribution in [1.29, 1.82) is 0 Å². The fourth-order valence-corrected chi connectivity index (χ4v) is 6.92. The number of nitrogen functional groups attached to an aromatic ring is 1. The van der Waals surface area contributed by atoms with Gasteiger partial charge in [-0.15, -0.1) is 0 Å². The Morgan fingerprint density at radius 1 is 1.19 bits per heavy atom. The van der Waals surface area contributed by atoms with Gasteiger partial charge in [0.1, 0.15) is 22.5 Å². The fraction of sp³-hybridized carbons (Fsp3) is 0.613. The van der Waals surface area contributed by atoms with Gasteiger partial charge < -0.3 is 30.5 Å². The summed E-state index contributed by atoms with van der Waals surface area (Å²) in [7, 11) is 1.69. The molecule has 1 atom stereocenters. The summed E-state index contributed by atoms with van der Waals surface area (Å²) >= 11 is 0. The van der Waals surface area contributed by atoms with Crippen LogP contribution in [-0.4, -0.2) is 86.8 Å². The molecule has 0 amide bonds. The molecule has 0 radical (unpaired) electrons. The second kappa shape index (κ2) is 12.5. The van der Waals surface area contributed by atoms with Crippen LogP contribution < -0.4 is 15.8 Å². The van der Waals surface area contributed by atoms with E-state index in [0.717, 1.165) is 55.0 Å². The highest BCUT2D eigenvalue weighted by Gasteiger charge is 2.41. The molecule has 3 aromatic heterocycles. The van der Waals surface area contributed by atoms with Gasteiger partial charge in [0, 0.05) is 38.1 Å². The van der Waals surface area contributed by atoms with Crippen LogP contribution in [0.1, 0.15) is 69.5 Å². The van der Waals surface area contributed by atoms with E-state index in [1.807, 2.05) is 10.9 Å². The van der Waals surface area contributed by atoms with Crippen molar-refractivity contribution in [3.63, 3.8) is 0 Å². The molecule has 3 aliphatic rings. The maximum absolute atomic E-state index is 9.54. The maximum Gasteiger partial charge on any atom is 0.222 e. The summed E-state index contributed by atoms with van der Waals surface area (Å²) < 4.78 is 13.2. The third kappa shape index (κ3) is 5.95. The lowest BCUT2D eigenvalue weighted by atomic mass is 9.64. The van der Waals surface area contributed by atoms with E-state index in [0.29, 0.717) is 35.8 Å². The van der Waals surface area contributed by atoms with Gasteiger partial charge in [-0.3, -0.25) is 9.67 Å². The summed E-state index contributed by atoms with van der Waals surface area (Å²) in [5, 5.41) is 17.6. The number of aromatic nitrogens is 5. The predicted molar refractivity (Wildman–Crippen MR) is 163 cm³/mol. The van der Waals surface area contributed by atoms with Gasteiger partial charge in [-0.1, -0.05) is 19.4 Å². The van der Waals surface area contributed by atoms with E-state index in [2.05, 4.69) is 44.3 Å². The monoisotopic (exact) mass is 576 g/mol. The number of nitrogens with two attached hydrogens (primary N) is 1. The van der Waals surface area contributed by atoms with Crippen LogP contribution in [0.3, 0.4) is 0 Å². The number of hydrogen-bond acceptors (Lipinski definition) is 10. The molecule has 11 nitrogen and oxygen atoms in total. The lowest BCUT2D eigenvalue weighted by Gasteiger charge is -2.48. The largest absolute Gasteiger partial charge is 0.495 e. The van der Waals surface area contributed by atoms with E-state index in [1.54, 1.807) is 13.3 Å². The van der Waals surface area contributed by atoms with E-state index in [4.69, 9.17) is 20.2 Å². The van der Waals surface area contributed by atoms with Crippen LogP contribution in [0.2, 0.25) is 0 Å². The molecule has 11 heteroatoms. The number of hydrogen-bond donors (Lipinski definition) is 3. The number of nitrogens with one attached hydrogen (secondary N) is 1. The van der Waals surface area contributed by atoms with E-state index in [1.165, 1.54) is 44.3 Å². The Balaban J connectivity index is 1.17. The molecule has 2 saturated heterocycles. The van der Waals surface area contributed by atoms with Crippen molar-refractivity contribution in [2.75, 3.05) is 51.1 Å². The molecule has 6 rings (SSSR count). The summed E-state index contributed by atoms with van der Waals surface area (Å²) in [6, 6.07) is 2.87. The Hall–Kier alpha value is -3.28.